The van der Waals surface area contributed by atoms with Crippen molar-refractivity contribution in [2.75, 3.05) is 26.8 Å². The summed E-state index contributed by atoms with van der Waals surface area (Å²) >= 11 is 6.21. The largest absolute Gasteiger partial charge is 0.497 e. The number of esters is 1. The van der Waals surface area contributed by atoms with Crippen molar-refractivity contribution in [2.24, 2.45) is 5.92 Å². The zero-order valence-electron chi connectivity index (χ0n) is 18.7. The van der Waals surface area contributed by atoms with Gasteiger partial charge in [0.1, 0.15) is 11.4 Å². The Kier molecular flexibility index (Phi) is 6.99. The van der Waals surface area contributed by atoms with Crippen LogP contribution in [0.2, 0.25) is 5.02 Å². The van der Waals surface area contributed by atoms with E-state index in [2.05, 4.69) is 0 Å². The van der Waals surface area contributed by atoms with Crippen LogP contribution in [-0.4, -0.2) is 53.4 Å². The van der Waals surface area contributed by atoms with E-state index in [1.54, 1.807) is 41.8 Å². The number of rotatable bonds is 6. The van der Waals surface area contributed by atoms with Gasteiger partial charge in [-0.3, -0.25) is 9.59 Å². The molecule has 1 saturated heterocycles. The maximum Gasteiger partial charge on any atom is 0.309 e. The van der Waals surface area contributed by atoms with Crippen LogP contribution in [0.3, 0.4) is 0 Å². The molecule has 0 atom stereocenters. The van der Waals surface area contributed by atoms with Gasteiger partial charge in [-0.2, -0.15) is 5.10 Å². The van der Waals surface area contributed by atoms with E-state index < -0.39 is 0 Å². The van der Waals surface area contributed by atoms with Crippen LogP contribution in [0.4, 0.5) is 0 Å². The van der Waals surface area contributed by atoms with Gasteiger partial charge in [0.15, 0.2) is 0 Å². The highest BCUT2D eigenvalue weighted by Crippen LogP contribution is 2.28. The lowest BCUT2D eigenvalue weighted by Crippen LogP contribution is -2.41. The smallest absolute Gasteiger partial charge is 0.309 e. The van der Waals surface area contributed by atoms with E-state index in [9.17, 15) is 9.59 Å². The van der Waals surface area contributed by atoms with Crippen LogP contribution in [0.25, 0.3) is 16.9 Å². The molecule has 7 nitrogen and oxygen atoms in total. The third-order valence-corrected chi connectivity index (χ3v) is 5.98. The SMILES string of the molecule is CCOC(=O)C1CCN(C(=O)c2cc(-c3cccc(OC)c3)nn2-c2cccc(Cl)c2)CC1. The standard InChI is InChI=1S/C25H26ClN3O4/c1-3-33-25(31)17-10-12-28(13-11-17)24(30)23-16-22(18-6-4-9-21(14-18)32-2)27-29(23)20-8-5-7-19(26)15-20/h4-9,14-17H,3,10-13H2,1-2H3. The average Bonchev–Trinajstić information content (AvgIpc) is 3.29. The highest BCUT2D eigenvalue weighted by atomic mass is 35.5. The van der Waals surface area contributed by atoms with Gasteiger partial charge >= 0.3 is 5.97 Å². The van der Waals surface area contributed by atoms with Crippen molar-refractivity contribution in [3.63, 3.8) is 0 Å². The number of amides is 1. The van der Waals surface area contributed by atoms with Crippen LogP contribution in [0.1, 0.15) is 30.3 Å². The Morgan fingerprint density at radius 3 is 2.55 bits per heavy atom. The number of carbonyl (C=O) groups excluding carboxylic acids is 2. The molecule has 1 aromatic heterocycles. The molecule has 8 heteroatoms. The Morgan fingerprint density at radius 1 is 1.09 bits per heavy atom. The van der Waals surface area contributed by atoms with Crippen LogP contribution in [0.5, 0.6) is 5.75 Å². The van der Waals surface area contributed by atoms with E-state index in [0.717, 1.165) is 5.56 Å². The Hall–Kier alpha value is -3.32. The highest BCUT2D eigenvalue weighted by Gasteiger charge is 2.30. The maximum atomic E-state index is 13.5. The van der Waals surface area contributed by atoms with Crippen molar-refractivity contribution < 1.29 is 19.1 Å². The van der Waals surface area contributed by atoms with Gasteiger partial charge in [-0.05, 0) is 56.2 Å². The molecular formula is C25H26ClN3O4. The number of benzene rings is 2. The predicted molar refractivity (Wildman–Crippen MR) is 126 cm³/mol. The van der Waals surface area contributed by atoms with E-state index in [-0.39, 0.29) is 17.8 Å². The van der Waals surface area contributed by atoms with E-state index in [4.69, 9.17) is 26.2 Å². The van der Waals surface area contributed by atoms with E-state index >= 15 is 0 Å². The van der Waals surface area contributed by atoms with Gasteiger partial charge in [-0.15, -0.1) is 0 Å². The third kappa shape index (κ3) is 5.03. The number of aromatic nitrogens is 2. The van der Waals surface area contributed by atoms with Gasteiger partial charge in [0.2, 0.25) is 0 Å². The molecule has 3 aromatic rings. The number of hydrogen-bond acceptors (Lipinski definition) is 5. The quantitative estimate of drug-likeness (QED) is 0.495. The monoisotopic (exact) mass is 467 g/mol. The molecule has 2 aromatic carbocycles. The molecule has 1 fully saturated rings. The molecule has 1 aliphatic heterocycles. The van der Waals surface area contributed by atoms with Crippen LogP contribution < -0.4 is 4.74 Å². The topological polar surface area (TPSA) is 73.7 Å². The molecule has 0 N–H and O–H groups in total. The number of carbonyl (C=O) groups is 2. The molecule has 0 aliphatic carbocycles. The molecule has 2 heterocycles. The molecule has 0 spiro atoms. The molecule has 1 amide bonds. The highest BCUT2D eigenvalue weighted by molar-refractivity contribution is 6.30. The number of ether oxygens (including phenoxy) is 2. The van der Waals surface area contributed by atoms with Gasteiger partial charge in [-0.1, -0.05) is 29.8 Å². The van der Waals surface area contributed by atoms with Gasteiger partial charge in [0.05, 0.1) is 31.0 Å². The second kappa shape index (κ2) is 10.1. The normalized spacial score (nSPS) is 14.2. The Labute approximate surface area is 197 Å². The molecule has 172 valence electrons. The van der Waals surface area contributed by atoms with E-state index in [1.807, 2.05) is 36.4 Å². The lowest BCUT2D eigenvalue weighted by atomic mass is 9.97. The summed E-state index contributed by atoms with van der Waals surface area (Å²) in [6.07, 6.45) is 1.16. The summed E-state index contributed by atoms with van der Waals surface area (Å²) in [4.78, 5) is 27.4. The number of methoxy groups -OCH3 is 1. The van der Waals surface area contributed by atoms with Crippen LogP contribution >= 0.6 is 11.6 Å². The zero-order valence-corrected chi connectivity index (χ0v) is 19.4. The predicted octanol–water partition coefficient (Wildman–Crippen LogP) is 4.62. The first-order valence-corrected chi connectivity index (χ1v) is 11.3. The molecule has 0 saturated carbocycles. The molecule has 0 unspecified atom stereocenters. The first-order chi connectivity index (χ1) is 16.0. The van der Waals surface area contributed by atoms with Gasteiger partial charge in [0.25, 0.3) is 5.91 Å². The van der Waals surface area contributed by atoms with E-state index in [1.165, 1.54) is 0 Å². The van der Waals surface area contributed by atoms with Gasteiger partial charge < -0.3 is 14.4 Å². The van der Waals surface area contributed by atoms with Crippen LogP contribution in [0, 0.1) is 5.92 Å². The Morgan fingerprint density at radius 2 is 1.85 bits per heavy atom. The Balaban J connectivity index is 1.65. The number of nitrogens with zero attached hydrogens (tertiary/aromatic N) is 3. The first-order valence-electron chi connectivity index (χ1n) is 11.0. The first kappa shape index (κ1) is 22.9. The van der Waals surface area contributed by atoms with Crippen molar-refractivity contribution in [2.45, 2.75) is 19.8 Å². The summed E-state index contributed by atoms with van der Waals surface area (Å²) in [6, 6.07) is 16.6. The summed E-state index contributed by atoms with van der Waals surface area (Å²) in [5, 5.41) is 5.29. The fourth-order valence-corrected chi connectivity index (χ4v) is 4.19. The fraction of sp³-hybridized carbons (Fsp3) is 0.320. The maximum absolute atomic E-state index is 13.5. The van der Waals surface area contributed by atoms with Crippen molar-refractivity contribution in [1.29, 1.82) is 0 Å². The van der Waals surface area contributed by atoms with Crippen molar-refractivity contribution >= 4 is 23.5 Å². The fourth-order valence-electron chi connectivity index (χ4n) is 4.00. The summed E-state index contributed by atoms with van der Waals surface area (Å²) in [5.74, 6) is 0.214. The lowest BCUT2D eigenvalue weighted by Gasteiger charge is -2.30. The van der Waals surface area contributed by atoms with Crippen LogP contribution in [-0.2, 0) is 9.53 Å². The summed E-state index contributed by atoms with van der Waals surface area (Å²) in [5.41, 5.74) is 2.62. The second-order valence-corrected chi connectivity index (χ2v) is 8.29. The summed E-state index contributed by atoms with van der Waals surface area (Å²) in [6.45, 7) is 3.13. The number of halogens is 1. The Bertz CT molecular complexity index is 1150. The minimum absolute atomic E-state index is 0.140. The number of likely N-dealkylation sites (tertiary alicyclic amines) is 1. The minimum Gasteiger partial charge on any atom is -0.497 e. The van der Waals surface area contributed by atoms with E-state index in [0.29, 0.717) is 60.4 Å². The summed E-state index contributed by atoms with van der Waals surface area (Å²) < 4.78 is 12.1. The van der Waals surface area contributed by atoms with Gasteiger partial charge in [-0.25, -0.2) is 4.68 Å². The molecule has 0 bridgehead atoms. The zero-order chi connectivity index (χ0) is 23.4. The van der Waals surface area contributed by atoms with Gasteiger partial charge in [0, 0.05) is 23.7 Å². The van der Waals surface area contributed by atoms with Crippen molar-refractivity contribution in [3.05, 3.63) is 65.3 Å². The molecule has 1 aliphatic rings. The second-order valence-electron chi connectivity index (χ2n) is 7.86. The average molecular weight is 468 g/mol. The molecule has 4 rings (SSSR count). The molecular weight excluding hydrogens is 442 g/mol. The molecule has 33 heavy (non-hydrogen) atoms. The third-order valence-electron chi connectivity index (χ3n) is 5.75. The number of hydrogen-bond donors (Lipinski definition) is 0. The number of piperidine rings is 1. The summed E-state index contributed by atoms with van der Waals surface area (Å²) in [7, 11) is 1.61. The van der Waals surface area contributed by atoms with Crippen molar-refractivity contribution in [3.8, 4) is 22.7 Å². The van der Waals surface area contributed by atoms with Crippen molar-refractivity contribution in [1.82, 2.24) is 14.7 Å². The van der Waals surface area contributed by atoms with Crippen LogP contribution in [0.15, 0.2) is 54.6 Å². The lowest BCUT2D eigenvalue weighted by molar-refractivity contribution is -0.149. The minimum atomic E-state index is -0.186. The molecule has 0 radical (unpaired) electrons.